The Labute approximate surface area is 237 Å². The number of benzene rings is 2. The quantitative estimate of drug-likeness (QED) is 0.541. The van der Waals surface area contributed by atoms with Crippen LogP contribution in [-0.4, -0.2) is 68.3 Å². The molecule has 2 N–H and O–H groups in total. The van der Waals surface area contributed by atoms with E-state index < -0.39 is 12.1 Å². The first kappa shape index (κ1) is 27.3. The van der Waals surface area contributed by atoms with Crippen molar-refractivity contribution in [3.05, 3.63) is 74.9 Å². The number of hydrogen-bond donors (Lipinski definition) is 2. The number of hydrazine groups is 2. The van der Waals surface area contributed by atoms with E-state index in [0.717, 1.165) is 60.5 Å². The molecule has 2 aromatic rings. The third-order valence-corrected chi connectivity index (χ3v) is 7.63. The number of halogens is 2. The molecule has 3 heterocycles. The van der Waals surface area contributed by atoms with Crippen LogP contribution in [0.2, 0.25) is 10.0 Å². The molecule has 1 atom stereocenters. The van der Waals surface area contributed by atoms with E-state index >= 15 is 0 Å². The van der Waals surface area contributed by atoms with Gasteiger partial charge in [-0.1, -0.05) is 41.8 Å². The Kier molecular flexibility index (Phi) is 8.32. The lowest BCUT2D eigenvalue weighted by molar-refractivity contribution is -0.127. The highest BCUT2D eigenvalue weighted by Crippen LogP contribution is 2.40. The van der Waals surface area contributed by atoms with Gasteiger partial charge in [0.05, 0.1) is 37.2 Å². The van der Waals surface area contributed by atoms with Gasteiger partial charge in [0.2, 0.25) is 0 Å². The topological polar surface area (TPSA) is 86.4 Å². The molecular formula is C28H31Cl2N5O4. The van der Waals surface area contributed by atoms with Crippen molar-refractivity contribution in [1.29, 1.82) is 0 Å². The summed E-state index contributed by atoms with van der Waals surface area (Å²) in [5.74, 6) is 0.538. The van der Waals surface area contributed by atoms with Gasteiger partial charge in [-0.25, -0.2) is 15.2 Å². The number of amides is 2. The maximum Gasteiger partial charge on any atom is 0.410 e. The van der Waals surface area contributed by atoms with Crippen molar-refractivity contribution in [3.8, 4) is 5.75 Å². The monoisotopic (exact) mass is 571 g/mol. The Morgan fingerprint density at radius 2 is 1.77 bits per heavy atom. The van der Waals surface area contributed by atoms with Crippen LogP contribution in [0.5, 0.6) is 5.75 Å². The summed E-state index contributed by atoms with van der Waals surface area (Å²) in [5, 5.41) is 4.73. The zero-order valence-corrected chi connectivity index (χ0v) is 23.4. The molecule has 0 aromatic heterocycles. The van der Waals surface area contributed by atoms with E-state index in [1.165, 1.54) is 7.11 Å². The lowest BCUT2D eigenvalue weighted by Crippen LogP contribution is -2.54. The van der Waals surface area contributed by atoms with Gasteiger partial charge in [-0.15, -0.1) is 0 Å². The predicted octanol–water partition coefficient (Wildman–Crippen LogP) is 4.63. The maximum atomic E-state index is 13.7. The maximum absolute atomic E-state index is 13.7. The SMILES string of the molecule is COC(=O)N1CC2=C(/C(=C/c3ccc(OC)cc3)C1)N(c1ccc(Cl)cc1Cl)NC2C(=O)NN1CCCCC1. The zero-order chi connectivity index (χ0) is 27.5. The first-order valence-electron chi connectivity index (χ1n) is 12.9. The van der Waals surface area contributed by atoms with Crippen molar-refractivity contribution >= 4 is 47.0 Å². The van der Waals surface area contributed by atoms with Crippen LogP contribution in [0, 0.1) is 0 Å². The second kappa shape index (κ2) is 11.9. The molecule has 0 saturated carbocycles. The molecular weight excluding hydrogens is 541 g/mol. The number of anilines is 1. The molecule has 1 saturated heterocycles. The number of nitrogens with zero attached hydrogens (tertiary/aromatic N) is 3. The van der Waals surface area contributed by atoms with Gasteiger partial charge in [-0.05, 0) is 60.4 Å². The number of hydrogen-bond acceptors (Lipinski definition) is 7. The molecule has 0 aliphatic carbocycles. The average molecular weight is 572 g/mol. The van der Waals surface area contributed by atoms with Crippen LogP contribution in [0.25, 0.3) is 6.08 Å². The Balaban J connectivity index is 1.59. The van der Waals surface area contributed by atoms with Gasteiger partial charge in [0.25, 0.3) is 5.91 Å². The van der Waals surface area contributed by atoms with E-state index in [9.17, 15) is 9.59 Å². The number of ether oxygens (including phenoxy) is 2. The molecule has 3 aliphatic heterocycles. The number of carbonyl (C=O) groups excluding carboxylic acids is 2. The fraction of sp³-hybridized carbons (Fsp3) is 0.357. The number of nitrogens with one attached hydrogen (secondary N) is 2. The molecule has 5 rings (SSSR count). The summed E-state index contributed by atoms with van der Waals surface area (Å²) in [6.45, 7) is 2.10. The summed E-state index contributed by atoms with van der Waals surface area (Å²) in [4.78, 5) is 28.0. The Hall–Kier alpha value is -3.24. The van der Waals surface area contributed by atoms with Gasteiger partial charge in [0, 0.05) is 30.2 Å². The van der Waals surface area contributed by atoms with Crippen molar-refractivity contribution in [2.24, 2.45) is 0 Å². The van der Waals surface area contributed by atoms with Crippen LogP contribution in [0.3, 0.4) is 0 Å². The van der Waals surface area contributed by atoms with Crippen molar-refractivity contribution in [2.75, 3.05) is 45.4 Å². The minimum atomic E-state index is -0.736. The molecule has 3 aliphatic rings. The number of methoxy groups -OCH3 is 2. The largest absolute Gasteiger partial charge is 0.497 e. The molecule has 0 spiro atoms. The highest BCUT2D eigenvalue weighted by molar-refractivity contribution is 6.36. The third-order valence-electron chi connectivity index (χ3n) is 7.09. The van der Waals surface area contributed by atoms with Crippen molar-refractivity contribution in [1.82, 2.24) is 20.8 Å². The minimum Gasteiger partial charge on any atom is -0.497 e. The van der Waals surface area contributed by atoms with E-state index in [-0.39, 0.29) is 19.0 Å². The van der Waals surface area contributed by atoms with Crippen LogP contribution < -0.4 is 20.6 Å². The van der Waals surface area contributed by atoms with E-state index in [1.54, 1.807) is 24.1 Å². The molecule has 1 fully saturated rings. The van der Waals surface area contributed by atoms with Gasteiger partial charge in [-0.2, -0.15) is 0 Å². The molecule has 9 nitrogen and oxygen atoms in total. The van der Waals surface area contributed by atoms with Crippen LogP contribution in [0.1, 0.15) is 24.8 Å². The van der Waals surface area contributed by atoms with Gasteiger partial charge in [0.1, 0.15) is 11.8 Å². The third kappa shape index (κ3) is 5.86. The second-order valence-electron chi connectivity index (χ2n) is 9.66. The Morgan fingerprint density at radius 1 is 1.03 bits per heavy atom. The molecule has 206 valence electrons. The fourth-order valence-electron chi connectivity index (χ4n) is 5.18. The van der Waals surface area contributed by atoms with Crippen molar-refractivity contribution in [2.45, 2.75) is 25.3 Å². The predicted molar refractivity (Wildman–Crippen MR) is 151 cm³/mol. The molecule has 2 aromatic carbocycles. The number of piperidine rings is 1. The lowest BCUT2D eigenvalue weighted by atomic mass is 9.95. The summed E-state index contributed by atoms with van der Waals surface area (Å²) >= 11 is 12.8. The van der Waals surface area contributed by atoms with E-state index in [4.69, 9.17) is 32.7 Å². The summed E-state index contributed by atoms with van der Waals surface area (Å²) in [7, 11) is 2.97. The first-order valence-corrected chi connectivity index (χ1v) is 13.6. The van der Waals surface area contributed by atoms with Crippen molar-refractivity contribution in [3.63, 3.8) is 0 Å². The zero-order valence-electron chi connectivity index (χ0n) is 21.9. The second-order valence-corrected chi connectivity index (χ2v) is 10.5. The molecule has 0 bridgehead atoms. The highest BCUT2D eigenvalue weighted by Gasteiger charge is 2.43. The Bertz CT molecular complexity index is 1310. The van der Waals surface area contributed by atoms with Crippen molar-refractivity contribution < 1.29 is 19.1 Å². The smallest absolute Gasteiger partial charge is 0.410 e. The van der Waals surface area contributed by atoms with Gasteiger partial charge < -0.3 is 9.47 Å². The van der Waals surface area contributed by atoms with E-state index in [0.29, 0.717) is 15.7 Å². The molecule has 0 radical (unpaired) electrons. The standard InChI is InChI=1S/C28H31Cl2N5O4/c1-38-21-9-6-18(7-10-21)14-19-16-33(28(37)39-2)17-22-25(27(36)32-34-12-4-3-5-13-34)31-35(26(19)22)24-11-8-20(29)15-23(24)30/h6-11,14-15,25,31H,3-5,12-13,16-17H2,1-2H3,(H,32,36)/b19-14+. The Morgan fingerprint density at radius 3 is 2.44 bits per heavy atom. The van der Waals surface area contributed by atoms with Crippen LogP contribution in [0.15, 0.2) is 59.3 Å². The van der Waals surface area contributed by atoms with Crippen LogP contribution >= 0.6 is 23.2 Å². The van der Waals surface area contributed by atoms with Gasteiger partial charge in [-0.3, -0.25) is 20.1 Å². The van der Waals surface area contributed by atoms with E-state index in [2.05, 4.69) is 10.9 Å². The highest BCUT2D eigenvalue weighted by atomic mass is 35.5. The number of rotatable bonds is 5. The van der Waals surface area contributed by atoms with Gasteiger partial charge >= 0.3 is 6.09 Å². The summed E-state index contributed by atoms with van der Waals surface area (Å²) in [5.41, 5.74) is 10.3. The lowest BCUT2D eigenvalue weighted by Gasteiger charge is -2.32. The average Bonchev–Trinajstić information content (AvgIpc) is 3.33. The van der Waals surface area contributed by atoms with E-state index in [1.807, 2.05) is 46.4 Å². The normalized spacial score (nSPS) is 20.7. The molecule has 39 heavy (non-hydrogen) atoms. The fourth-order valence-corrected chi connectivity index (χ4v) is 5.67. The first-order chi connectivity index (χ1) is 18.9. The molecule has 2 amide bonds. The molecule has 1 unspecified atom stereocenters. The van der Waals surface area contributed by atoms with Crippen LogP contribution in [-0.2, 0) is 9.53 Å². The summed E-state index contributed by atoms with van der Waals surface area (Å²) < 4.78 is 10.4. The molecule has 11 heteroatoms. The summed E-state index contributed by atoms with van der Waals surface area (Å²) in [6.07, 6.45) is 4.74. The summed E-state index contributed by atoms with van der Waals surface area (Å²) in [6, 6.07) is 12.1. The number of carbonyl (C=O) groups is 2. The van der Waals surface area contributed by atoms with Crippen LogP contribution in [0.4, 0.5) is 10.5 Å². The minimum absolute atomic E-state index is 0.201. The van der Waals surface area contributed by atoms with Gasteiger partial charge in [0.15, 0.2) is 0 Å².